The number of piperidine rings is 1. The van der Waals surface area contributed by atoms with Gasteiger partial charge in [0, 0.05) is 23.9 Å². The zero-order valence-corrected chi connectivity index (χ0v) is 17.6. The first-order chi connectivity index (χ1) is 13.7. The molecule has 1 fully saturated rings. The van der Waals surface area contributed by atoms with E-state index in [1.54, 1.807) is 11.3 Å². The summed E-state index contributed by atoms with van der Waals surface area (Å²) >= 11 is 1.73. The van der Waals surface area contributed by atoms with Gasteiger partial charge in [0.1, 0.15) is 0 Å². The van der Waals surface area contributed by atoms with Crippen LogP contribution in [0.1, 0.15) is 49.8 Å². The fourth-order valence-electron chi connectivity index (χ4n) is 4.01. The van der Waals surface area contributed by atoms with Gasteiger partial charge < -0.3 is 10.6 Å². The van der Waals surface area contributed by atoms with E-state index >= 15 is 0 Å². The smallest absolute Gasteiger partial charge is 0.234 e. The fourth-order valence-corrected chi connectivity index (χ4v) is 4.72. The van der Waals surface area contributed by atoms with Crippen LogP contribution in [-0.2, 0) is 16.0 Å². The van der Waals surface area contributed by atoms with Crippen LogP contribution < -0.4 is 10.6 Å². The molecule has 2 aliphatic rings. The van der Waals surface area contributed by atoms with Crippen LogP contribution in [0, 0.1) is 5.92 Å². The quantitative estimate of drug-likeness (QED) is 0.623. The van der Waals surface area contributed by atoms with Gasteiger partial charge in [-0.05, 0) is 75.9 Å². The van der Waals surface area contributed by atoms with Crippen molar-refractivity contribution in [1.29, 1.82) is 0 Å². The van der Waals surface area contributed by atoms with E-state index in [9.17, 15) is 9.59 Å². The number of nitrogens with one attached hydrogen (secondary N) is 2. The average molecular weight is 404 g/mol. The third-order valence-electron chi connectivity index (χ3n) is 5.73. The van der Waals surface area contributed by atoms with E-state index in [-0.39, 0.29) is 17.7 Å². The van der Waals surface area contributed by atoms with Crippen LogP contribution >= 0.6 is 11.3 Å². The van der Waals surface area contributed by atoms with Crippen LogP contribution in [-0.4, -0.2) is 49.4 Å². The summed E-state index contributed by atoms with van der Waals surface area (Å²) in [6.07, 6.45) is 10.9. The van der Waals surface area contributed by atoms with Gasteiger partial charge in [-0.15, -0.1) is 11.3 Å². The van der Waals surface area contributed by atoms with Crippen molar-refractivity contribution in [2.24, 2.45) is 5.92 Å². The van der Waals surface area contributed by atoms with Gasteiger partial charge in [-0.1, -0.05) is 17.7 Å². The second-order valence-corrected chi connectivity index (χ2v) is 8.91. The molecule has 0 saturated carbocycles. The number of thiophene rings is 1. The summed E-state index contributed by atoms with van der Waals surface area (Å²) in [7, 11) is 0. The number of hydrogen-bond acceptors (Lipinski definition) is 4. The molecule has 0 unspecified atom stereocenters. The van der Waals surface area contributed by atoms with Gasteiger partial charge in [0.2, 0.25) is 11.8 Å². The number of allylic oxidation sites excluding steroid dienone is 1. The normalized spacial score (nSPS) is 18.5. The fraction of sp³-hybridized carbons (Fsp3) is 0.636. The maximum absolute atomic E-state index is 12.3. The van der Waals surface area contributed by atoms with Crippen LogP contribution in [0.2, 0.25) is 0 Å². The highest BCUT2D eigenvalue weighted by Crippen LogP contribution is 2.19. The molecule has 2 heterocycles. The van der Waals surface area contributed by atoms with E-state index in [2.05, 4.69) is 33.1 Å². The Morgan fingerprint density at radius 1 is 1.11 bits per heavy atom. The molecule has 154 valence electrons. The lowest BCUT2D eigenvalue weighted by Gasteiger charge is -2.30. The van der Waals surface area contributed by atoms with Gasteiger partial charge in [-0.3, -0.25) is 14.5 Å². The second-order valence-electron chi connectivity index (χ2n) is 7.88. The lowest BCUT2D eigenvalue weighted by Crippen LogP contribution is -2.44. The molecule has 3 rings (SSSR count). The Balaban J connectivity index is 1.26. The van der Waals surface area contributed by atoms with E-state index < -0.39 is 0 Å². The summed E-state index contributed by atoms with van der Waals surface area (Å²) in [4.78, 5) is 28.0. The number of carbonyl (C=O) groups is 2. The molecule has 5 nitrogen and oxygen atoms in total. The third-order valence-corrected chi connectivity index (χ3v) is 6.67. The molecule has 0 bridgehead atoms. The minimum absolute atomic E-state index is 0.0842. The number of rotatable bonds is 9. The molecule has 1 saturated heterocycles. The van der Waals surface area contributed by atoms with Gasteiger partial charge >= 0.3 is 0 Å². The minimum Gasteiger partial charge on any atom is -0.355 e. The Labute approximate surface area is 172 Å². The Morgan fingerprint density at radius 3 is 2.64 bits per heavy atom. The van der Waals surface area contributed by atoms with Crippen LogP contribution in [0.4, 0.5) is 0 Å². The molecule has 2 amide bonds. The summed E-state index contributed by atoms with van der Waals surface area (Å²) in [5, 5.41) is 8.19. The van der Waals surface area contributed by atoms with E-state index in [4.69, 9.17) is 0 Å². The van der Waals surface area contributed by atoms with E-state index in [1.165, 1.54) is 36.1 Å². The standard InChI is InChI=1S/C22H33N3O2S/c26-21(23-12-8-18-5-2-1-3-6-18)17-25-14-10-19(11-15-25)22(27)24-13-9-20-7-4-16-28-20/h4-5,7,16,19H,1-3,6,8-15,17H2,(H,23,26)(H,24,27). The minimum atomic E-state index is 0.0842. The summed E-state index contributed by atoms with van der Waals surface area (Å²) in [5.41, 5.74) is 1.50. The summed E-state index contributed by atoms with van der Waals surface area (Å²) in [6, 6.07) is 4.15. The highest BCUT2D eigenvalue weighted by atomic mass is 32.1. The lowest BCUT2D eigenvalue weighted by molar-refractivity contribution is -0.126. The number of likely N-dealkylation sites (tertiary alicyclic amines) is 1. The SMILES string of the molecule is O=C(CN1CCC(C(=O)NCCc2cccs2)CC1)NCCC1=CCCCC1. The highest BCUT2D eigenvalue weighted by molar-refractivity contribution is 7.09. The van der Waals surface area contributed by atoms with Crippen molar-refractivity contribution in [2.75, 3.05) is 32.7 Å². The second kappa shape index (κ2) is 11.4. The Kier molecular flexibility index (Phi) is 8.55. The number of hydrogen-bond donors (Lipinski definition) is 2. The van der Waals surface area contributed by atoms with E-state index in [1.807, 2.05) is 6.07 Å². The molecule has 1 aliphatic carbocycles. The van der Waals surface area contributed by atoms with E-state index in [0.717, 1.165) is 45.3 Å². The molecular formula is C22H33N3O2S. The molecule has 0 spiro atoms. The van der Waals surface area contributed by atoms with Crippen LogP contribution in [0.5, 0.6) is 0 Å². The summed E-state index contributed by atoms with van der Waals surface area (Å²) in [5.74, 6) is 0.359. The zero-order chi connectivity index (χ0) is 19.6. The van der Waals surface area contributed by atoms with Gasteiger partial charge in [0.15, 0.2) is 0 Å². The topological polar surface area (TPSA) is 61.4 Å². The first-order valence-electron chi connectivity index (χ1n) is 10.7. The van der Waals surface area contributed by atoms with Crippen LogP contribution in [0.25, 0.3) is 0 Å². The molecule has 2 N–H and O–H groups in total. The van der Waals surface area contributed by atoms with Gasteiger partial charge in [-0.25, -0.2) is 0 Å². The maximum atomic E-state index is 12.3. The predicted octanol–water partition coefficient (Wildman–Crippen LogP) is 3.13. The first-order valence-corrected chi connectivity index (χ1v) is 11.6. The van der Waals surface area contributed by atoms with Gasteiger partial charge in [-0.2, -0.15) is 0 Å². The van der Waals surface area contributed by atoms with Crippen molar-refractivity contribution in [2.45, 2.75) is 51.4 Å². The average Bonchev–Trinajstić information content (AvgIpc) is 3.23. The predicted molar refractivity (Wildman–Crippen MR) is 114 cm³/mol. The molecule has 0 radical (unpaired) electrons. The largest absolute Gasteiger partial charge is 0.355 e. The van der Waals surface area contributed by atoms with Crippen LogP contribution in [0.3, 0.4) is 0 Å². The number of carbonyl (C=O) groups excluding carboxylic acids is 2. The Morgan fingerprint density at radius 2 is 1.93 bits per heavy atom. The number of amides is 2. The highest BCUT2D eigenvalue weighted by Gasteiger charge is 2.25. The molecule has 28 heavy (non-hydrogen) atoms. The Bertz CT molecular complexity index is 649. The van der Waals surface area contributed by atoms with E-state index in [0.29, 0.717) is 13.1 Å². The lowest BCUT2D eigenvalue weighted by atomic mass is 9.96. The van der Waals surface area contributed by atoms with Gasteiger partial charge in [0.25, 0.3) is 0 Å². The number of nitrogens with zero attached hydrogens (tertiary/aromatic N) is 1. The third kappa shape index (κ3) is 7.06. The molecule has 1 aliphatic heterocycles. The van der Waals surface area contributed by atoms with Gasteiger partial charge in [0.05, 0.1) is 6.54 Å². The van der Waals surface area contributed by atoms with Crippen LogP contribution in [0.15, 0.2) is 29.2 Å². The first kappa shape index (κ1) is 21.1. The van der Waals surface area contributed by atoms with Crippen molar-refractivity contribution >= 4 is 23.2 Å². The van der Waals surface area contributed by atoms with Crippen molar-refractivity contribution in [1.82, 2.24) is 15.5 Å². The van der Waals surface area contributed by atoms with Crippen molar-refractivity contribution in [3.63, 3.8) is 0 Å². The Hall–Kier alpha value is -1.66. The monoisotopic (exact) mass is 403 g/mol. The molecule has 1 aromatic heterocycles. The molecular weight excluding hydrogens is 370 g/mol. The maximum Gasteiger partial charge on any atom is 0.234 e. The van der Waals surface area contributed by atoms with Crippen molar-refractivity contribution < 1.29 is 9.59 Å². The summed E-state index contributed by atoms with van der Waals surface area (Å²) < 4.78 is 0. The molecule has 1 aromatic rings. The van der Waals surface area contributed by atoms with Crippen molar-refractivity contribution in [3.8, 4) is 0 Å². The molecule has 6 heteroatoms. The zero-order valence-electron chi connectivity index (χ0n) is 16.8. The summed E-state index contributed by atoms with van der Waals surface area (Å²) in [6.45, 7) is 3.54. The molecule has 0 atom stereocenters. The molecule has 0 aromatic carbocycles. The van der Waals surface area contributed by atoms with Crippen molar-refractivity contribution in [3.05, 3.63) is 34.0 Å².